The number of ether oxygens (including phenoxy) is 1. The lowest BCUT2D eigenvalue weighted by Crippen LogP contribution is -2.53. The van der Waals surface area contributed by atoms with Gasteiger partial charge in [0.1, 0.15) is 24.2 Å². The highest BCUT2D eigenvalue weighted by atomic mass is 32.2. The molecule has 10 heteroatoms. The number of hydrogen-bond donors (Lipinski definition) is 1. The Kier molecular flexibility index (Phi) is 9.93. The van der Waals surface area contributed by atoms with E-state index >= 15 is 0 Å². The topological polar surface area (TPSA) is 96.0 Å². The molecular weight excluding hydrogens is 557 g/mol. The molecule has 0 aliphatic carbocycles. The molecule has 0 radical (unpaired) electrons. The Morgan fingerprint density at radius 1 is 0.857 bits per heavy atom. The number of hydrogen-bond acceptors (Lipinski definition) is 5. The first-order valence-corrected chi connectivity index (χ1v) is 14.7. The van der Waals surface area contributed by atoms with Crippen LogP contribution in [-0.2, 0) is 32.6 Å². The largest absolute Gasteiger partial charge is 0.497 e. The number of sulfonamides is 1. The zero-order chi connectivity index (χ0) is 30.1. The van der Waals surface area contributed by atoms with E-state index in [1.807, 2.05) is 30.3 Å². The third-order valence-corrected chi connectivity index (χ3v) is 8.52. The van der Waals surface area contributed by atoms with Crippen molar-refractivity contribution in [2.24, 2.45) is 0 Å². The lowest BCUT2D eigenvalue weighted by Gasteiger charge is -2.33. The van der Waals surface area contributed by atoms with Crippen LogP contribution in [0.25, 0.3) is 0 Å². The molecule has 0 unspecified atom stereocenters. The second-order valence-corrected chi connectivity index (χ2v) is 11.4. The first-order valence-electron chi connectivity index (χ1n) is 13.2. The predicted octanol–water partition coefficient (Wildman–Crippen LogP) is 4.42. The van der Waals surface area contributed by atoms with Crippen molar-refractivity contribution < 1.29 is 27.1 Å². The summed E-state index contributed by atoms with van der Waals surface area (Å²) < 4.78 is 47.9. The Morgan fingerprint density at radius 3 is 2.12 bits per heavy atom. The number of halogens is 1. The zero-order valence-electron chi connectivity index (χ0n) is 23.3. The molecule has 218 valence electrons. The standard InChI is InChI=1S/C32H32FN3O5S/c1-34-32(38)30(20-24-10-5-3-6-11-24)35(22-25-16-18-26(33)19-17-25)31(37)23-36(27-12-9-13-28(21-27)41-2)42(39,40)29-14-7-4-8-15-29/h3-19,21,30H,20,22-23H2,1-2H3,(H,34,38)/t30-/m1/s1. The highest BCUT2D eigenvalue weighted by Gasteiger charge is 2.34. The molecule has 0 saturated heterocycles. The van der Waals surface area contributed by atoms with E-state index in [4.69, 9.17) is 4.74 Å². The van der Waals surface area contributed by atoms with Gasteiger partial charge in [-0.15, -0.1) is 0 Å². The molecule has 0 saturated carbocycles. The number of rotatable bonds is 12. The van der Waals surface area contributed by atoms with Gasteiger partial charge < -0.3 is 15.0 Å². The van der Waals surface area contributed by atoms with Crippen molar-refractivity contribution in [2.75, 3.05) is 25.0 Å². The van der Waals surface area contributed by atoms with Crippen molar-refractivity contribution in [3.63, 3.8) is 0 Å². The molecule has 4 aromatic carbocycles. The maximum absolute atomic E-state index is 14.2. The molecule has 0 aliphatic rings. The Balaban J connectivity index is 1.79. The third-order valence-electron chi connectivity index (χ3n) is 6.74. The number of nitrogens with zero attached hydrogens (tertiary/aromatic N) is 2. The molecule has 4 rings (SSSR count). The van der Waals surface area contributed by atoms with E-state index < -0.39 is 40.2 Å². The van der Waals surface area contributed by atoms with Crippen molar-refractivity contribution in [3.8, 4) is 5.75 Å². The van der Waals surface area contributed by atoms with Gasteiger partial charge in [-0.1, -0.05) is 66.7 Å². The molecule has 1 N–H and O–H groups in total. The van der Waals surface area contributed by atoms with E-state index in [0.29, 0.717) is 11.3 Å². The molecule has 0 aliphatic heterocycles. The summed E-state index contributed by atoms with van der Waals surface area (Å²) in [5, 5.41) is 2.63. The lowest BCUT2D eigenvalue weighted by molar-refractivity contribution is -0.139. The summed E-state index contributed by atoms with van der Waals surface area (Å²) in [4.78, 5) is 28.8. The normalized spacial score (nSPS) is 11.8. The summed E-state index contributed by atoms with van der Waals surface area (Å²) in [6.45, 7) is -0.657. The Morgan fingerprint density at radius 2 is 1.50 bits per heavy atom. The average Bonchev–Trinajstić information content (AvgIpc) is 3.02. The van der Waals surface area contributed by atoms with Crippen LogP contribution in [0.3, 0.4) is 0 Å². The van der Waals surface area contributed by atoms with Gasteiger partial charge in [0.2, 0.25) is 11.8 Å². The van der Waals surface area contributed by atoms with Crippen molar-refractivity contribution in [1.82, 2.24) is 10.2 Å². The van der Waals surface area contributed by atoms with Crippen LogP contribution in [-0.4, -0.2) is 51.9 Å². The summed E-state index contributed by atoms with van der Waals surface area (Å²) in [5.41, 5.74) is 1.60. The molecule has 0 spiro atoms. The molecule has 0 aromatic heterocycles. The maximum Gasteiger partial charge on any atom is 0.264 e. The van der Waals surface area contributed by atoms with Crippen LogP contribution in [0, 0.1) is 5.82 Å². The van der Waals surface area contributed by atoms with Gasteiger partial charge in [-0.3, -0.25) is 13.9 Å². The van der Waals surface area contributed by atoms with Crippen LogP contribution in [0.15, 0.2) is 114 Å². The smallest absolute Gasteiger partial charge is 0.264 e. The van der Waals surface area contributed by atoms with E-state index in [9.17, 15) is 22.4 Å². The van der Waals surface area contributed by atoms with Crippen molar-refractivity contribution in [1.29, 1.82) is 0 Å². The summed E-state index contributed by atoms with van der Waals surface area (Å²) in [7, 11) is -1.28. The number of benzene rings is 4. The van der Waals surface area contributed by atoms with Crippen LogP contribution in [0.2, 0.25) is 0 Å². The van der Waals surface area contributed by atoms with Gasteiger partial charge in [-0.05, 0) is 47.5 Å². The average molecular weight is 590 g/mol. The molecule has 2 amide bonds. The zero-order valence-corrected chi connectivity index (χ0v) is 24.1. The van der Waals surface area contributed by atoms with Crippen molar-refractivity contribution in [2.45, 2.75) is 23.9 Å². The van der Waals surface area contributed by atoms with Gasteiger partial charge >= 0.3 is 0 Å². The van der Waals surface area contributed by atoms with Gasteiger partial charge in [0.25, 0.3) is 10.0 Å². The van der Waals surface area contributed by atoms with Gasteiger partial charge in [0.15, 0.2) is 0 Å². The molecule has 1 atom stereocenters. The Labute approximate surface area is 245 Å². The molecule has 0 fully saturated rings. The minimum absolute atomic E-state index is 0.00200. The second-order valence-electron chi connectivity index (χ2n) is 9.49. The van der Waals surface area contributed by atoms with Crippen LogP contribution in [0.4, 0.5) is 10.1 Å². The number of methoxy groups -OCH3 is 1. The number of amides is 2. The fraction of sp³-hybridized carbons (Fsp3) is 0.188. The quantitative estimate of drug-likeness (QED) is 0.264. The number of anilines is 1. The fourth-order valence-electron chi connectivity index (χ4n) is 4.52. The number of likely N-dealkylation sites (N-methyl/N-ethyl adjacent to an activating group) is 1. The van der Waals surface area contributed by atoms with Crippen LogP contribution < -0.4 is 14.4 Å². The van der Waals surface area contributed by atoms with E-state index in [-0.39, 0.29) is 23.5 Å². The van der Waals surface area contributed by atoms with Crippen molar-refractivity contribution >= 4 is 27.5 Å². The second kappa shape index (κ2) is 13.8. The summed E-state index contributed by atoms with van der Waals surface area (Å²) in [5.74, 6) is -1.08. The minimum Gasteiger partial charge on any atom is -0.497 e. The Hall–Kier alpha value is -4.70. The molecule has 0 bridgehead atoms. The highest BCUT2D eigenvalue weighted by molar-refractivity contribution is 7.92. The molecule has 4 aromatic rings. The fourth-order valence-corrected chi connectivity index (χ4v) is 5.95. The minimum atomic E-state index is -4.22. The first-order chi connectivity index (χ1) is 20.2. The van der Waals surface area contributed by atoms with Gasteiger partial charge in [-0.2, -0.15) is 0 Å². The monoisotopic (exact) mass is 589 g/mol. The number of carbonyl (C=O) groups is 2. The highest BCUT2D eigenvalue weighted by Crippen LogP contribution is 2.28. The Bertz CT molecular complexity index is 1600. The lowest BCUT2D eigenvalue weighted by atomic mass is 10.0. The predicted molar refractivity (Wildman–Crippen MR) is 159 cm³/mol. The van der Waals surface area contributed by atoms with E-state index in [2.05, 4.69) is 5.32 Å². The summed E-state index contributed by atoms with van der Waals surface area (Å²) in [6, 6.07) is 28.0. The summed E-state index contributed by atoms with van der Waals surface area (Å²) >= 11 is 0. The molecule has 0 heterocycles. The molecule has 8 nitrogen and oxygen atoms in total. The third kappa shape index (κ3) is 7.32. The van der Waals surface area contributed by atoms with Gasteiger partial charge in [-0.25, -0.2) is 12.8 Å². The van der Waals surface area contributed by atoms with Gasteiger partial charge in [0, 0.05) is 26.1 Å². The molecular formula is C32H32FN3O5S. The van der Waals surface area contributed by atoms with Crippen LogP contribution >= 0.6 is 0 Å². The number of carbonyl (C=O) groups excluding carboxylic acids is 2. The summed E-state index contributed by atoms with van der Waals surface area (Å²) in [6.07, 6.45) is 0.179. The van der Waals surface area contributed by atoms with E-state index in [1.54, 1.807) is 36.4 Å². The maximum atomic E-state index is 14.2. The van der Waals surface area contributed by atoms with E-state index in [1.165, 1.54) is 61.5 Å². The van der Waals surface area contributed by atoms with Crippen LogP contribution in [0.1, 0.15) is 11.1 Å². The van der Waals surface area contributed by atoms with E-state index in [0.717, 1.165) is 9.87 Å². The SMILES string of the molecule is CNC(=O)[C@@H](Cc1ccccc1)N(Cc1ccc(F)cc1)C(=O)CN(c1cccc(OC)c1)S(=O)(=O)c1ccccc1. The van der Waals surface area contributed by atoms with Crippen molar-refractivity contribution in [3.05, 3.63) is 126 Å². The number of nitrogens with one attached hydrogen (secondary N) is 1. The van der Waals surface area contributed by atoms with Crippen LogP contribution in [0.5, 0.6) is 5.75 Å². The van der Waals surface area contributed by atoms with Gasteiger partial charge in [0.05, 0.1) is 17.7 Å². The molecule has 42 heavy (non-hydrogen) atoms. The first kappa shape index (κ1) is 30.3.